The molecule has 4 heterocycles. The van der Waals surface area contributed by atoms with Gasteiger partial charge in [-0.2, -0.15) is 4.98 Å². The molecule has 9 nitrogen and oxygen atoms in total. The van der Waals surface area contributed by atoms with Crippen LogP contribution < -0.4 is 10.9 Å². The molecule has 9 heteroatoms. The molecule has 3 aromatic rings. The summed E-state index contributed by atoms with van der Waals surface area (Å²) in [6, 6.07) is 9.70. The number of amides is 1. The second-order valence-electron chi connectivity index (χ2n) is 10.9. The Morgan fingerprint density at radius 3 is 2.73 bits per heavy atom. The van der Waals surface area contributed by atoms with Crippen LogP contribution in [-0.4, -0.2) is 63.5 Å². The number of aromatic nitrogens is 3. The molecule has 1 aromatic carbocycles. The summed E-state index contributed by atoms with van der Waals surface area (Å²) < 4.78 is 13.0. The number of nitrogens with zero attached hydrogens (tertiary/aromatic N) is 4. The van der Waals surface area contributed by atoms with E-state index >= 15 is 0 Å². The van der Waals surface area contributed by atoms with Gasteiger partial charge in [0.1, 0.15) is 11.2 Å². The highest BCUT2D eigenvalue weighted by Crippen LogP contribution is 2.28. The first-order valence-corrected chi connectivity index (χ1v) is 13.0. The van der Waals surface area contributed by atoms with Gasteiger partial charge >= 0.3 is 6.09 Å². The number of carbonyl (C=O) groups is 1. The second-order valence-corrected chi connectivity index (χ2v) is 10.9. The van der Waals surface area contributed by atoms with Crippen LogP contribution in [0.25, 0.3) is 22.2 Å². The minimum Gasteiger partial charge on any atom is -0.444 e. The fraction of sp³-hybridized carbons (Fsp3) is 0.500. The smallest absolute Gasteiger partial charge is 0.410 e. The highest BCUT2D eigenvalue weighted by atomic mass is 16.6. The molecule has 0 bridgehead atoms. The molecule has 0 aliphatic carbocycles. The van der Waals surface area contributed by atoms with Gasteiger partial charge in [-0.3, -0.25) is 9.36 Å². The number of nitrogens with one attached hydrogen (secondary N) is 1. The van der Waals surface area contributed by atoms with Gasteiger partial charge in [0, 0.05) is 42.9 Å². The average Bonchev–Trinajstić information content (AvgIpc) is 3.38. The first kappa shape index (κ1) is 25.2. The Morgan fingerprint density at radius 1 is 1.19 bits per heavy atom. The van der Waals surface area contributed by atoms with Gasteiger partial charge in [-0.15, -0.1) is 0 Å². The molecule has 0 spiro atoms. The van der Waals surface area contributed by atoms with Crippen LogP contribution in [0, 0.1) is 6.92 Å². The monoisotopic (exact) mass is 505 g/mol. The fourth-order valence-electron chi connectivity index (χ4n) is 5.09. The van der Waals surface area contributed by atoms with Crippen LogP contribution in [-0.2, 0) is 9.47 Å². The first-order valence-electron chi connectivity index (χ1n) is 13.0. The number of carbonyl (C=O) groups excluding carboxylic acids is 1. The molecule has 2 saturated heterocycles. The number of benzene rings is 1. The molecule has 1 amide bonds. The zero-order valence-corrected chi connectivity index (χ0v) is 22.0. The van der Waals surface area contributed by atoms with Gasteiger partial charge in [-0.1, -0.05) is 24.3 Å². The number of piperidine rings is 1. The number of fused-ring (bicyclic) bond motifs is 1. The lowest BCUT2D eigenvalue weighted by Crippen LogP contribution is -2.47. The van der Waals surface area contributed by atoms with Gasteiger partial charge < -0.3 is 19.7 Å². The van der Waals surface area contributed by atoms with Crippen LogP contribution in [0.4, 0.5) is 10.7 Å². The molecular weight excluding hydrogens is 470 g/mol. The van der Waals surface area contributed by atoms with E-state index in [1.807, 2.05) is 58.0 Å². The van der Waals surface area contributed by atoms with Crippen molar-refractivity contribution >= 4 is 23.1 Å². The Morgan fingerprint density at radius 2 is 2.00 bits per heavy atom. The van der Waals surface area contributed by atoms with Gasteiger partial charge in [0.2, 0.25) is 5.95 Å². The van der Waals surface area contributed by atoms with Gasteiger partial charge in [0.25, 0.3) is 5.56 Å². The summed E-state index contributed by atoms with van der Waals surface area (Å²) in [7, 11) is 0. The minimum absolute atomic E-state index is 0.0139. The number of ether oxygens (including phenoxy) is 2. The normalized spacial score (nSPS) is 20.3. The van der Waals surface area contributed by atoms with E-state index < -0.39 is 5.60 Å². The van der Waals surface area contributed by atoms with Crippen LogP contribution >= 0.6 is 0 Å². The maximum Gasteiger partial charge on any atom is 0.410 e. The van der Waals surface area contributed by atoms with Crippen molar-refractivity contribution in [2.24, 2.45) is 0 Å². The van der Waals surface area contributed by atoms with Crippen LogP contribution in [0.5, 0.6) is 0 Å². The predicted molar refractivity (Wildman–Crippen MR) is 143 cm³/mol. The second kappa shape index (κ2) is 10.1. The van der Waals surface area contributed by atoms with Gasteiger partial charge in [-0.25, -0.2) is 9.78 Å². The van der Waals surface area contributed by atoms with Gasteiger partial charge in [-0.05, 0) is 64.2 Å². The van der Waals surface area contributed by atoms with E-state index in [4.69, 9.17) is 14.5 Å². The molecule has 2 atom stereocenters. The number of rotatable bonds is 4. The molecule has 196 valence electrons. The summed E-state index contributed by atoms with van der Waals surface area (Å²) in [5.74, 6) is 0.444. The van der Waals surface area contributed by atoms with E-state index in [1.165, 1.54) is 0 Å². The van der Waals surface area contributed by atoms with Crippen molar-refractivity contribution in [2.45, 2.75) is 64.6 Å². The molecular formula is C28H35N5O4. The van der Waals surface area contributed by atoms with Gasteiger partial charge in [0.15, 0.2) is 0 Å². The third-order valence-corrected chi connectivity index (χ3v) is 6.89. The van der Waals surface area contributed by atoms with E-state index in [9.17, 15) is 9.59 Å². The SMILES string of the molecule is Cc1ccccc1-c1cc2cnc(N[C@@H]3CCCN(C(=O)OC(C)(C)C)C3)nc2n([C@@H]2CCOC2)c1=O. The summed E-state index contributed by atoms with van der Waals surface area (Å²) in [6.07, 6.45) is 3.96. The Hall–Kier alpha value is -3.46. The van der Waals surface area contributed by atoms with Crippen LogP contribution in [0.2, 0.25) is 0 Å². The maximum absolute atomic E-state index is 13.8. The minimum atomic E-state index is -0.538. The molecule has 2 fully saturated rings. The molecule has 5 rings (SSSR count). The van der Waals surface area contributed by atoms with Gasteiger partial charge in [0.05, 0.1) is 12.6 Å². The zero-order valence-electron chi connectivity index (χ0n) is 22.0. The molecule has 2 aliphatic heterocycles. The number of likely N-dealkylation sites (tertiary alicyclic amines) is 1. The molecule has 0 radical (unpaired) electrons. The predicted octanol–water partition coefficient (Wildman–Crippen LogP) is 4.54. The van der Waals surface area contributed by atoms with E-state index in [0.29, 0.717) is 43.5 Å². The van der Waals surface area contributed by atoms with Crippen molar-refractivity contribution in [1.82, 2.24) is 19.4 Å². The zero-order chi connectivity index (χ0) is 26.2. The number of hydrogen-bond donors (Lipinski definition) is 1. The Labute approximate surface area is 216 Å². The lowest BCUT2D eigenvalue weighted by molar-refractivity contribution is 0.0206. The highest BCUT2D eigenvalue weighted by molar-refractivity contribution is 5.82. The number of anilines is 1. The molecule has 1 N–H and O–H groups in total. The van der Waals surface area contributed by atoms with Crippen molar-refractivity contribution in [3.05, 3.63) is 52.4 Å². The number of hydrogen-bond acceptors (Lipinski definition) is 7. The first-order chi connectivity index (χ1) is 17.7. The van der Waals surface area contributed by atoms with E-state index in [-0.39, 0.29) is 23.7 Å². The quantitative estimate of drug-likeness (QED) is 0.556. The number of pyridine rings is 1. The van der Waals surface area contributed by atoms with Crippen molar-refractivity contribution < 1.29 is 14.3 Å². The fourth-order valence-corrected chi connectivity index (χ4v) is 5.09. The van der Waals surface area contributed by atoms with Crippen molar-refractivity contribution in [3.63, 3.8) is 0 Å². The highest BCUT2D eigenvalue weighted by Gasteiger charge is 2.29. The Kier molecular flexibility index (Phi) is 6.90. The van der Waals surface area contributed by atoms with E-state index in [0.717, 1.165) is 35.8 Å². The topological polar surface area (TPSA) is 98.6 Å². The van der Waals surface area contributed by atoms with Crippen LogP contribution in [0.15, 0.2) is 41.3 Å². The van der Waals surface area contributed by atoms with Crippen molar-refractivity contribution in [2.75, 3.05) is 31.6 Å². The molecule has 2 aliphatic rings. The standard InChI is InChI=1S/C28H35N5O4/c1-18-8-5-6-10-22(18)23-14-19-15-29-26(31-24(19)33(25(23)34)21-11-13-36-17-21)30-20-9-7-12-32(16-20)27(35)37-28(2,3)4/h5-6,8,10,14-15,20-21H,7,9,11-13,16-17H2,1-4H3,(H,29,30,31)/t20-,21-/m1/s1. The third-order valence-electron chi connectivity index (χ3n) is 6.89. The Balaban J connectivity index is 1.47. The maximum atomic E-state index is 13.8. The number of aryl methyl sites for hydroxylation is 1. The van der Waals surface area contributed by atoms with Crippen LogP contribution in [0.3, 0.4) is 0 Å². The van der Waals surface area contributed by atoms with Crippen molar-refractivity contribution in [1.29, 1.82) is 0 Å². The van der Waals surface area contributed by atoms with E-state index in [1.54, 1.807) is 15.7 Å². The molecule has 37 heavy (non-hydrogen) atoms. The average molecular weight is 506 g/mol. The third kappa shape index (κ3) is 5.46. The molecule has 0 unspecified atom stereocenters. The lowest BCUT2D eigenvalue weighted by Gasteiger charge is -2.34. The summed E-state index contributed by atoms with van der Waals surface area (Å²) in [5.41, 5.74) is 2.57. The molecule has 0 saturated carbocycles. The Bertz CT molecular complexity index is 1360. The lowest BCUT2D eigenvalue weighted by atomic mass is 10.0. The summed E-state index contributed by atoms with van der Waals surface area (Å²) in [6.45, 7) is 9.88. The summed E-state index contributed by atoms with van der Waals surface area (Å²) >= 11 is 0. The largest absolute Gasteiger partial charge is 0.444 e. The molecule has 2 aromatic heterocycles. The van der Waals surface area contributed by atoms with Crippen LogP contribution in [0.1, 0.15) is 51.6 Å². The summed E-state index contributed by atoms with van der Waals surface area (Å²) in [4.78, 5) is 37.5. The summed E-state index contributed by atoms with van der Waals surface area (Å²) in [5, 5.41) is 4.20. The van der Waals surface area contributed by atoms with E-state index in [2.05, 4.69) is 10.3 Å². The van der Waals surface area contributed by atoms with Crippen molar-refractivity contribution in [3.8, 4) is 11.1 Å².